The molecule has 2 aliphatic rings. The number of benzene rings is 1. The molecule has 0 radical (unpaired) electrons. The lowest BCUT2D eigenvalue weighted by Gasteiger charge is -2.18. The van der Waals surface area contributed by atoms with Gasteiger partial charge in [0.05, 0.1) is 0 Å². The number of hydrogen-bond acceptors (Lipinski definition) is 0. The van der Waals surface area contributed by atoms with Gasteiger partial charge in [-0.15, -0.1) is 0 Å². The van der Waals surface area contributed by atoms with Gasteiger partial charge in [-0.2, -0.15) is 0 Å². The highest BCUT2D eigenvalue weighted by molar-refractivity contribution is 5.98. The van der Waals surface area contributed by atoms with Gasteiger partial charge in [0.2, 0.25) is 6.67 Å². The van der Waals surface area contributed by atoms with Crippen molar-refractivity contribution in [1.29, 1.82) is 0 Å². The molecule has 0 atom stereocenters. The SMILES string of the molecule is C1=[N+](C2CCCCC2)Cn2cc3ccccc3c21. The maximum atomic E-state index is 2.56. The van der Waals surface area contributed by atoms with E-state index in [0.717, 1.165) is 12.7 Å². The van der Waals surface area contributed by atoms with Gasteiger partial charge in [-0.3, -0.25) is 4.57 Å². The van der Waals surface area contributed by atoms with Crippen LogP contribution in [0.25, 0.3) is 10.8 Å². The zero-order valence-electron chi connectivity index (χ0n) is 10.7. The molecular formula is C16H19N2+. The monoisotopic (exact) mass is 239 g/mol. The highest BCUT2D eigenvalue weighted by atomic mass is 15.2. The third-order valence-corrected chi connectivity index (χ3v) is 4.49. The summed E-state index contributed by atoms with van der Waals surface area (Å²) >= 11 is 0. The number of rotatable bonds is 1. The summed E-state index contributed by atoms with van der Waals surface area (Å²) in [5, 5.41) is 2.77. The Morgan fingerprint density at radius 1 is 1.06 bits per heavy atom. The van der Waals surface area contributed by atoms with E-state index >= 15 is 0 Å². The summed E-state index contributed by atoms with van der Waals surface area (Å²) < 4.78 is 4.96. The summed E-state index contributed by atoms with van der Waals surface area (Å²) in [6, 6.07) is 9.48. The van der Waals surface area contributed by atoms with E-state index in [0.29, 0.717) is 0 Å². The minimum atomic E-state index is 0.775. The first kappa shape index (κ1) is 10.4. The van der Waals surface area contributed by atoms with Gasteiger partial charge in [0, 0.05) is 29.8 Å². The van der Waals surface area contributed by atoms with E-state index in [4.69, 9.17) is 0 Å². The highest BCUT2D eigenvalue weighted by Gasteiger charge is 2.29. The van der Waals surface area contributed by atoms with Crippen molar-refractivity contribution in [2.45, 2.75) is 44.8 Å². The van der Waals surface area contributed by atoms with Crippen molar-refractivity contribution in [2.24, 2.45) is 0 Å². The van der Waals surface area contributed by atoms with Crippen LogP contribution in [-0.2, 0) is 6.67 Å². The van der Waals surface area contributed by atoms with Crippen LogP contribution in [0.3, 0.4) is 0 Å². The Morgan fingerprint density at radius 3 is 2.78 bits per heavy atom. The van der Waals surface area contributed by atoms with Crippen LogP contribution in [-0.4, -0.2) is 21.4 Å². The second-order valence-corrected chi connectivity index (χ2v) is 5.65. The second-order valence-electron chi connectivity index (χ2n) is 5.65. The molecule has 0 spiro atoms. The Kier molecular flexibility index (Phi) is 2.29. The van der Waals surface area contributed by atoms with Crippen LogP contribution in [0.4, 0.5) is 0 Å². The van der Waals surface area contributed by atoms with Crippen molar-refractivity contribution in [2.75, 3.05) is 0 Å². The Balaban J connectivity index is 1.73. The van der Waals surface area contributed by atoms with E-state index in [2.05, 4.69) is 45.8 Å². The van der Waals surface area contributed by atoms with Crippen LogP contribution in [0.15, 0.2) is 30.5 Å². The quantitative estimate of drug-likeness (QED) is 0.674. The molecule has 1 aromatic heterocycles. The standard InChI is InChI=1S/C16H19N2/c1-2-7-14(8-3-1)17-11-16-15-9-5-4-6-13(15)10-18(16)12-17/h4-6,9-11,14H,1-3,7-8,12H2/q+1. The molecule has 2 aromatic rings. The summed E-state index contributed by atoms with van der Waals surface area (Å²) in [7, 11) is 0. The van der Waals surface area contributed by atoms with E-state index in [1.54, 1.807) is 0 Å². The Morgan fingerprint density at radius 2 is 1.89 bits per heavy atom. The van der Waals surface area contributed by atoms with Crippen LogP contribution in [0, 0.1) is 0 Å². The van der Waals surface area contributed by atoms with E-state index in [1.807, 2.05) is 0 Å². The largest absolute Gasteiger partial charge is 0.286 e. The van der Waals surface area contributed by atoms with Gasteiger partial charge >= 0.3 is 0 Å². The van der Waals surface area contributed by atoms with Crippen LogP contribution < -0.4 is 0 Å². The molecule has 4 rings (SSSR count). The van der Waals surface area contributed by atoms with Gasteiger partial charge in [-0.05, 0) is 12.8 Å². The molecule has 2 heteroatoms. The van der Waals surface area contributed by atoms with Crippen molar-refractivity contribution in [3.05, 3.63) is 36.2 Å². The fourth-order valence-corrected chi connectivity index (χ4v) is 3.50. The Labute approximate surface area is 108 Å². The molecular weight excluding hydrogens is 220 g/mol. The van der Waals surface area contributed by atoms with Gasteiger partial charge in [0.25, 0.3) is 0 Å². The molecule has 18 heavy (non-hydrogen) atoms. The molecule has 0 saturated heterocycles. The van der Waals surface area contributed by atoms with Crippen molar-refractivity contribution in [3.63, 3.8) is 0 Å². The van der Waals surface area contributed by atoms with E-state index in [-0.39, 0.29) is 0 Å². The molecule has 2 heterocycles. The minimum absolute atomic E-state index is 0.775. The zero-order chi connectivity index (χ0) is 11.9. The van der Waals surface area contributed by atoms with Gasteiger partial charge in [-0.1, -0.05) is 30.7 Å². The summed E-state index contributed by atoms with van der Waals surface area (Å²) in [6.45, 7) is 1.05. The molecule has 2 nitrogen and oxygen atoms in total. The third kappa shape index (κ3) is 1.52. The zero-order valence-corrected chi connectivity index (χ0v) is 10.7. The van der Waals surface area contributed by atoms with Gasteiger partial charge in [0.1, 0.15) is 5.69 Å². The van der Waals surface area contributed by atoms with Crippen LogP contribution in [0.5, 0.6) is 0 Å². The molecule has 1 fully saturated rings. The van der Waals surface area contributed by atoms with Crippen molar-refractivity contribution < 1.29 is 4.58 Å². The Hall–Kier alpha value is -1.57. The van der Waals surface area contributed by atoms with Crippen molar-refractivity contribution in [3.8, 4) is 0 Å². The predicted molar refractivity (Wildman–Crippen MR) is 74.2 cm³/mol. The Bertz CT molecular complexity index is 615. The first-order chi connectivity index (χ1) is 8.92. The molecule has 0 unspecified atom stereocenters. The molecule has 0 amide bonds. The smallest absolute Gasteiger partial charge is 0.222 e. The van der Waals surface area contributed by atoms with Crippen LogP contribution in [0.2, 0.25) is 0 Å². The molecule has 1 aliphatic carbocycles. The predicted octanol–water partition coefficient (Wildman–Crippen LogP) is 3.38. The number of aromatic nitrogens is 1. The number of hydrogen-bond donors (Lipinski definition) is 0. The van der Waals surface area contributed by atoms with Crippen LogP contribution in [0.1, 0.15) is 37.8 Å². The first-order valence-corrected chi connectivity index (χ1v) is 7.10. The second kappa shape index (κ2) is 3.98. The summed E-state index contributed by atoms with van der Waals surface area (Å²) in [5.74, 6) is 0. The van der Waals surface area contributed by atoms with Crippen LogP contribution >= 0.6 is 0 Å². The molecule has 1 aliphatic heterocycles. The third-order valence-electron chi connectivity index (χ3n) is 4.49. The lowest BCUT2D eigenvalue weighted by Crippen LogP contribution is -2.27. The maximum Gasteiger partial charge on any atom is 0.222 e. The molecule has 1 aromatic carbocycles. The lowest BCUT2D eigenvalue weighted by atomic mass is 9.95. The minimum Gasteiger partial charge on any atom is -0.286 e. The molecule has 92 valence electrons. The lowest BCUT2D eigenvalue weighted by molar-refractivity contribution is -0.588. The molecule has 0 N–H and O–H groups in total. The highest BCUT2D eigenvalue weighted by Crippen LogP contribution is 2.26. The normalized spacial score (nSPS) is 20.1. The van der Waals surface area contributed by atoms with E-state index in [1.165, 1.54) is 48.6 Å². The molecule has 0 bridgehead atoms. The fraction of sp³-hybridized carbons (Fsp3) is 0.438. The van der Waals surface area contributed by atoms with Crippen molar-refractivity contribution >= 4 is 17.0 Å². The average Bonchev–Trinajstić information content (AvgIpc) is 2.97. The maximum absolute atomic E-state index is 2.56. The van der Waals surface area contributed by atoms with Gasteiger partial charge in [-0.25, -0.2) is 4.58 Å². The number of fused-ring (bicyclic) bond motifs is 3. The summed E-state index contributed by atoms with van der Waals surface area (Å²) in [5.41, 5.74) is 1.40. The molecule has 1 saturated carbocycles. The van der Waals surface area contributed by atoms with E-state index < -0.39 is 0 Å². The first-order valence-electron chi connectivity index (χ1n) is 7.10. The summed E-state index contributed by atoms with van der Waals surface area (Å²) in [6.07, 6.45) is 11.7. The number of nitrogens with zero attached hydrogens (tertiary/aromatic N) is 2. The topological polar surface area (TPSA) is 7.94 Å². The average molecular weight is 239 g/mol. The summed E-state index contributed by atoms with van der Waals surface area (Å²) in [4.78, 5) is 0. The van der Waals surface area contributed by atoms with Gasteiger partial charge in [0.15, 0.2) is 12.3 Å². The van der Waals surface area contributed by atoms with Gasteiger partial charge < -0.3 is 0 Å². The van der Waals surface area contributed by atoms with E-state index in [9.17, 15) is 0 Å². The fourth-order valence-electron chi connectivity index (χ4n) is 3.50. The van der Waals surface area contributed by atoms with Crippen molar-refractivity contribution in [1.82, 2.24) is 4.57 Å².